The first kappa shape index (κ1) is 19.0. The predicted octanol–water partition coefficient (Wildman–Crippen LogP) is 3.81. The number of guanidine groups is 1. The molecule has 4 nitrogen and oxygen atoms in total. The van der Waals surface area contributed by atoms with Gasteiger partial charge in [0.05, 0.1) is 10.7 Å². The number of aliphatic imine (C=N–C) groups is 1. The molecule has 3 rings (SSSR count). The minimum atomic E-state index is 0. The van der Waals surface area contributed by atoms with E-state index in [1.165, 1.54) is 73.4 Å². The van der Waals surface area contributed by atoms with Gasteiger partial charge in [-0.15, -0.1) is 35.3 Å². The molecule has 0 bridgehead atoms. The van der Waals surface area contributed by atoms with Gasteiger partial charge in [0.2, 0.25) is 0 Å². The third-order valence-corrected chi connectivity index (χ3v) is 5.90. The van der Waals surface area contributed by atoms with Crippen molar-refractivity contribution in [3.05, 3.63) is 15.6 Å². The van der Waals surface area contributed by atoms with Crippen LogP contribution in [0.2, 0.25) is 0 Å². The molecular weight excluding hydrogens is 419 g/mol. The fraction of sp³-hybridized carbons (Fsp3) is 0.765. The second kappa shape index (κ2) is 9.81. The van der Waals surface area contributed by atoms with E-state index in [9.17, 15) is 0 Å². The number of hydrogen-bond donors (Lipinski definition) is 2. The number of aromatic nitrogens is 1. The van der Waals surface area contributed by atoms with Crippen LogP contribution in [0.3, 0.4) is 0 Å². The summed E-state index contributed by atoms with van der Waals surface area (Å²) in [7, 11) is 0. The van der Waals surface area contributed by atoms with E-state index in [-0.39, 0.29) is 24.0 Å². The molecule has 23 heavy (non-hydrogen) atoms. The van der Waals surface area contributed by atoms with E-state index in [2.05, 4.69) is 10.3 Å². The maximum Gasteiger partial charge on any atom is 0.188 e. The Kier molecular flexibility index (Phi) is 8.09. The molecule has 0 aliphatic heterocycles. The van der Waals surface area contributed by atoms with Crippen LogP contribution in [0.25, 0.3) is 0 Å². The molecule has 2 aliphatic carbocycles. The molecule has 3 N–H and O–H groups in total. The SMILES string of the molecule is I.NC(=NCCCc1nc2c(s1)CCCC2)NC1CCCCC1. The Balaban J connectivity index is 0.00000192. The van der Waals surface area contributed by atoms with Crippen LogP contribution >= 0.6 is 35.3 Å². The zero-order valence-electron chi connectivity index (χ0n) is 13.9. The second-order valence-electron chi connectivity index (χ2n) is 6.53. The van der Waals surface area contributed by atoms with E-state index in [4.69, 9.17) is 10.7 Å². The summed E-state index contributed by atoms with van der Waals surface area (Å²) in [5, 5.41) is 4.66. The van der Waals surface area contributed by atoms with Crippen molar-refractivity contribution >= 4 is 41.3 Å². The minimum Gasteiger partial charge on any atom is -0.370 e. The molecule has 1 fully saturated rings. The largest absolute Gasteiger partial charge is 0.370 e. The molecule has 0 unspecified atom stereocenters. The maximum absolute atomic E-state index is 5.99. The normalized spacial score (nSPS) is 19.0. The fourth-order valence-corrected chi connectivity index (χ4v) is 4.64. The molecule has 0 atom stereocenters. The Hall–Kier alpha value is -0.370. The molecule has 1 aromatic heterocycles. The molecule has 0 spiro atoms. The second-order valence-corrected chi connectivity index (χ2v) is 7.70. The van der Waals surface area contributed by atoms with Gasteiger partial charge in [0.25, 0.3) is 0 Å². The van der Waals surface area contributed by atoms with Crippen molar-refractivity contribution in [1.82, 2.24) is 10.3 Å². The highest BCUT2D eigenvalue weighted by molar-refractivity contribution is 14.0. The zero-order valence-corrected chi connectivity index (χ0v) is 17.0. The Labute approximate surface area is 160 Å². The number of nitrogens with one attached hydrogen (secondary N) is 1. The average molecular weight is 448 g/mol. The van der Waals surface area contributed by atoms with Crippen molar-refractivity contribution in [3.63, 3.8) is 0 Å². The fourth-order valence-electron chi connectivity index (χ4n) is 3.44. The van der Waals surface area contributed by atoms with Crippen LogP contribution in [0.5, 0.6) is 0 Å². The third kappa shape index (κ3) is 5.89. The number of aryl methyl sites for hydroxylation is 3. The molecule has 0 amide bonds. The van der Waals surface area contributed by atoms with Crippen molar-refractivity contribution in [1.29, 1.82) is 0 Å². The highest BCUT2D eigenvalue weighted by Crippen LogP contribution is 2.27. The zero-order chi connectivity index (χ0) is 15.2. The Morgan fingerprint density at radius 2 is 1.96 bits per heavy atom. The van der Waals surface area contributed by atoms with Crippen LogP contribution in [0.1, 0.15) is 66.9 Å². The monoisotopic (exact) mass is 448 g/mol. The van der Waals surface area contributed by atoms with Crippen molar-refractivity contribution in [3.8, 4) is 0 Å². The van der Waals surface area contributed by atoms with Gasteiger partial charge < -0.3 is 11.1 Å². The average Bonchev–Trinajstić information content (AvgIpc) is 2.95. The standard InChI is InChI=1S/C17H28N4S.HI/c18-17(20-13-7-2-1-3-8-13)19-12-6-11-16-21-14-9-4-5-10-15(14)22-16;/h13H,1-12H2,(H3,18,19,20);1H. The van der Waals surface area contributed by atoms with Crippen molar-refractivity contribution in [2.45, 2.75) is 76.7 Å². The molecule has 0 aromatic carbocycles. The molecule has 0 saturated heterocycles. The maximum atomic E-state index is 5.99. The number of thiazole rings is 1. The van der Waals surface area contributed by atoms with Gasteiger partial charge in [-0.05, 0) is 44.9 Å². The molecule has 1 aromatic rings. The van der Waals surface area contributed by atoms with Crippen LogP contribution in [-0.4, -0.2) is 23.5 Å². The minimum absolute atomic E-state index is 0. The quantitative estimate of drug-likeness (QED) is 0.312. The predicted molar refractivity (Wildman–Crippen MR) is 109 cm³/mol. The number of halogens is 1. The van der Waals surface area contributed by atoms with Gasteiger partial charge in [0, 0.05) is 23.9 Å². The lowest BCUT2D eigenvalue weighted by Gasteiger charge is -2.23. The lowest BCUT2D eigenvalue weighted by atomic mass is 9.96. The van der Waals surface area contributed by atoms with E-state index < -0.39 is 0 Å². The number of nitrogens with zero attached hydrogens (tertiary/aromatic N) is 2. The first-order valence-electron chi connectivity index (χ1n) is 8.85. The summed E-state index contributed by atoms with van der Waals surface area (Å²) < 4.78 is 0. The first-order valence-corrected chi connectivity index (χ1v) is 9.67. The summed E-state index contributed by atoms with van der Waals surface area (Å²) >= 11 is 1.92. The van der Waals surface area contributed by atoms with Gasteiger partial charge in [0.15, 0.2) is 5.96 Å². The van der Waals surface area contributed by atoms with E-state index in [0.717, 1.165) is 19.4 Å². The summed E-state index contributed by atoms with van der Waals surface area (Å²) in [4.78, 5) is 10.8. The Morgan fingerprint density at radius 3 is 2.74 bits per heavy atom. The number of nitrogens with two attached hydrogens (primary N) is 1. The van der Waals surface area contributed by atoms with E-state index in [0.29, 0.717) is 12.0 Å². The van der Waals surface area contributed by atoms with Gasteiger partial charge in [-0.2, -0.15) is 0 Å². The molecule has 1 heterocycles. The Morgan fingerprint density at radius 1 is 1.17 bits per heavy atom. The highest BCUT2D eigenvalue weighted by Gasteiger charge is 2.15. The van der Waals surface area contributed by atoms with Crippen LogP contribution in [0.4, 0.5) is 0 Å². The van der Waals surface area contributed by atoms with E-state index >= 15 is 0 Å². The van der Waals surface area contributed by atoms with Crippen LogP contribution in [0, 0.1) is 0 Å². The van der Waals surface area contributed by atoms with Crippen LogP contribution < -0.4 is 11.1 Å². The van der Waals surface area contributed by atoms with Gasteiger partial charge >= 0.3 is 0 Å². The summed E-state index contributed by atoms with van der Waals surface area (Å²) in [5.41, 5.74) is 7.36. The lowest BCUT2D eigenvalue weighted by molar-refractivity contribution is 0.412. The molecular formula is C17H29IN4S. The lowest BCUT2D eigenvalue weighted by Crippen LogP contribution is -2.41. The molecule has 1 saturated carbocycles. The Bertz CT molecular complexity index is 485. The topological polar surface area (TPSA) is 63.3 Å². The molecule has 0 radical (unpaired) electrons. The number of hydrogen-bond acceptors (Lipinski definition) is 3. The van der Waals surface area contributed by atoms with Gasteiger partial charge in [0.1, 0.15) is 0 Å². The summed E-state index contributed by atoms with van der Waals surface area (Å²) in [6, 6.07) is 0.545. The highest BCUT2D eigenvalue weighted by atomic mass is 127. The van der Waals surface area contributed by atoms with Crippen LogP contribution in [-0.2, 0) is 19.3 Å². The molecule has 6 heteroatoms. The van der Waals surface area contributed by atoms with Gasteiger partial charge in [-0.3, -0.25) is 4.99 Å². The molecule has 130 valence electrons. The van der Waals surface area contributed by atoms with E-state index in [1.807, 2.05) is 11.3 Å². The van der Waals surface area contributed by atoms with Crippen molar-refractivity contribution < 1.29 is 0 Å². The van der Waals surface area contributed by atoms with Crippen molar-refractivity contribution in [2.24, 2.45) is 10.7 Å². The summed E-state index contributed by atoms with van der Waals surface area (Å²) in [6.07, 6.45) is 13.6. The smallest absolute Gasteiger partial charge is 0.188 e. The number of rotatable bonds is 5. The summed E-state index contributed by atoms with van der Waals surface area (Å²) in [5.74, 6) is 0.630. The first-order chi connectivity index (χ1) is 10.8. The van der Waals surface area contributed by atoms with Crippen molar-refractivity contribution in [2.75, 3.05) is 6.54 Å². The van der Waals surface area contributed by atoms with Gasteiger partial charge in [-0.1, -0.05) is 19.3 Å². The van der Waals surface area contributed by atoms with Crippen LogP contribution in [0.15, 0.2) is 4.99 Å². The van der Waals surface area contributed by atoms with Gasteiger partial charge in [-0.25, -0.2) is 4.98 Å². The molecule has 2 aliphatic rings. The summed E-state index contributed by atoms with van der Waals surface area (Å²) in [6.45, 7) is 0.801. The number of fused-ring (bicyclic) bond motifs is 1. The third-order valence-electron chi connectivity index (χ3n) is 4.68. The van der Waals surface area contributed by atoms with E-state index in [1.54, 1.807) is 0 Å².